The highest BCUT2D eigenvalue weighted by Gasteiger charge is 2.30. The van der Waals surface area contributed by atoms with Crippen molar-refractivity contribution in [3.8, 4) is 0 Å². The molecule has 0 bridgehead atoms. The van der Waals surface area contributed by atoms with Gasteiger partial charge in [0.15, 0.2) is 0 Å². The van der Waals surface area contributed by atoms with Crippen molar-refractivity contribution >= 4 is 15.7 Å². The summed E-state index contributed by atoms with van der Waals surface area (Å²) in [5.41, 5.74) is 5.11. The first-order chi connectivity index (χ1) is 7.90. The van der Waals surface area contributed by atoms with Crippen LogP contribution >= 0.6 is 0 Å². The van der Waals surface area contributed by atoms with Crippen LogP contribution < -0.4 is 10.5 Å². The van der Waals surface area contributed by atoms with E-state index in [1.807, 2.05) is 0 Å². The molecule has 0 spiro atoms. The van der Waals surface area contributed by atoms with Crippen molar-refractivity contribution < 1.29 is 12.8 Å². The lowest BCUT2D eigenvalue weighted by Crippen LogP contribution is -2.43. The smallest absolute Gasteiger partial charge is 0.242 e. The molecule has 0 atom stereocenters. The summed E-state index contributed by atoms with van der Waals surface area (Å²) in [6, 6.07) is 3.73. The highest BCUT2D eigenvalue weighted by Crippen LogP contribution is 2.29. The van der Waals surface area contributed by atoms with Crippen molar-refractivity contribution in [2.75, 3.05) is 5.73 Å². The Bertz CT molecular complexity index is 524. The molecule has 0 amide bonds. The molecule has 94 valence electrons. The third-order valence-electron chi connectivity index (χ3n) is 3.00. The largest absolute Gasteiger partial charge is 0.395 e. The number of nitrogen functional groups attached to an aromatic ring is 1. The molecular weight excluding hydrogens is 243 g/mol. The fraction of sp³-hybridized carbons (Fsp3) is 0.455. The Morgan fingerprint density at radius 1 is 1.41 bits per heavy atom. The molecule has 4 nitrogen and oxygen atoms in total. The standard InChI is InChI=1S/C11H15FN2O2S/c1-7-5-8(6-7)14-17(15,16)10-4-2-3-9(12)11(10)13/h2-4,7-8,14H,5-6,13H2,1H3. The van der Waals surface area contributed by atoms with Gasteiger partial charge in [-0.15, -0.1) is 0 Å². The van der Waals surface area contributed by atoms with Gasteiger partial charge in [0.2, 0.25) is 10.0 Å². The van der Waals surface area contributed by atoms with Crippen molar-refractivity contribution in [1.82, 2.24) is 4.72 Å². The Kier molecular flexibility index (Phi) is 3.09. The molecule has 6 heteroatoms. The molecule has 2 rings (SSSR count). The molecule has 0 unspecified atom stereocenters. The molecular formula is C11H15FN2O2S. The molecule has 1 aromatic rings. The van der Waals surface area contributed by atoms with Crippen LogP contribution in [-0.4, -0.2) is 14.5 Å². The Labute approximate surface area is 100 Å². The zero-order chi connectivity index (χ0) is 12.6. The number of anilines is 1. The lowest BCUT2D eigenvalue weighted by Gasteiger charge is -2.33. The van der Waals surface area contributed by atoms with Crippen LogP contribution in [0.3, 0.4) is 0 Å². The first-order valence-electron chi connectivity index (χ1n) is 5.46. The van der Waals surface area contributed by atoms with Gasteiger partial charge in [-0.1, -0.05) is 13.0 Å². The first kappa shape index (κ1) is 12.3. The van der Waals surface area contributed by atoms with Gasteiger partial charge in [0.1, 0.15) is 10.7 Å². The Hall–Kier alpha value is -1.14. The second-order valence-electron chi connectivity index (χ2n) is 4.55. The molecule has 0 saturated heterocycles. The van der Waals surface area contributed by atoms with Gasteiger partial charge in [-0.25, -0.2) is 17.5 Å². The monoisotopic (exact) mass is 258 g/mol. The fourth-order valence-corrected chi connectivity index (χ4v) is 3.44. The van der Waals surface area contributed by atoms with Crippen LogP contribution in [0.2, 0.25) is 0 Å². The normalized spacial score (nSPS) is 24.4. The van der Waals surface area contributed by atoms with E-state index in [1.165, 1.54) is 12.1 Å². The van der Waals surface area contributed by atoms with Crippen LogP contribution in [0.15, 0.2) is 23.1 Å². The maximum Gasteiger partial charge on any atom is 0.242 e. The molecule has 3 N–H and O–H groups in total. The molecule has 0 aromatic heterocycles. The summed E-state index contributed by atoms with van der Waals surface area (Å²) in [6.45, 7) is 2.06. The number of hydrogen-bond acceptors (Lipinski definition) is 3. The third-order valence-corrected chi connectivity index (χ3v) is 4.58. The zero-order valence-electron chi connectivity index (χ0n) is 9.48. The van der Waals surface area contributed by atoms with Gasteiger partial charge >= 0.3 is 0 Å². The zero-order valence-corrected chi connectivity index (χ0v) is 10.3. The molecule has 0 heterocycles. The maximum atomic E-state index is 13.2. The summed E-state index contributed by atoms with van der Waals surface area (Å²) in [7, 11) is -3.71. The summed E-state index contributed by atoms with van der Waals surface area (Å²) >= 11 is 0. The van der Waals surface area contributed by atoms with Crippen LogP contribution in [0.4, 0.5) is 10.1 Å². The predicted molar refractivity (Wildman–Crippen MR) is 63.3 cm³/mol. The minimum absolute atomic E-state index is 0.0577. The second kappa shape index (κ2) is 4.27. The Morgan fingerprint density at radius 3 is 2.65 bits per heavy atom. The van der Waals surface area contributed by atoms with Gasteiger partial charge < -0.3 is 5.73 Å². The van der Waals surface area contributed by atoms with Crippen molar-refractivity contribution in [2.24, 2.45) is 5.92 Å². The summed E-state index contributed by atoms with van der Waals surface area (Å²) < 4.78 is 39.6. The highest BCUT2D eigenvalue weighted by molar-refractivity contribution is 7.89. The molecule has 1 aliphatic rings. The minimum Gasteiger partial charge on any atom is -0.395 e. The van der Waals surface area contributed by atoms with E-state index in [9.17, 15) is 12.8 Å². The number of sulfonamides is 1. The Balaban J connectivity index is 2.23. The number of halogens is 1. The van der Waals surface area contributed by atoms with E-state index in [-0.39, 0.29) is 16.6 Å². The van der Waals surface area contributed by atoms with Crippen LogP contribution in [0.25, 0.3) is 0 Å². The Morgan fingerprint density at radius 2 is 2.06 bits per heavy atom. The van der Waals surface area contributed by atoms with Gasteiger partial charge in [0, 0.05) is 6.04 Å². The van der Waals surface area contributed by atoms with E-state index in [2.05, 4.69) is 11.6 Å². The second-order valence-corrected chi connectivity index (χ2v) is 6.23. The molecule has 17 heavy (non-hydrogen) atoms. The van der Waals surface area contributed by atoms with Gasteiger partial charge in [0.25, 0.3) is 0 Å². The average Bonchev–Trinajstić information content (AvgIpc) is 2.19. The van der Waals surface area contributed by atoms with Gasteiger partial charge in [-0.2, -0.15) is 0 Å². The summed E-state index contributed by atoms with van der Waals surface area (Å²) in [5.74, 6) is -0.178. The number of nitrogens with one attached hydrogen (secondary N) is 1. The summed E-state index contributed by atoms with van der Waals surface area (Å²) in [5, 5.41) is 0. The molecule has 0 aliphatic heterocycles. The molecule has 1 fully saturated rings. The lowest BCUT2D eigenvalue weighted by molar-refractivity contribution is 0.270. The van der Waals surface area contributed by atoms with E-state index in [0.717, 1.165) is 18.9 Å². The van der Waals surface area contributed by atoms with Crippen molar-refractivity contribution in [2.45, 2.75) is 30.7 Å². The maximum absolute atomic E-state index is 13.2. The third kappa shape index (κ3) is 2.42. The van der Waals surface area contributed by atoms with E-state index in [0.29, 0.717) is 5.92 Å². The fourth-order valence-electron chi connectivity index (χ4n) is 2.03. The van der Waals surface area contributed by atoms with E-state index in [1.54, 1.807) is 0 Å². The van der Waals surface area contributed by atoms with Crippen LogP contribution in [0.1, 0.15) is 19.8 Å². The molecule has 0 radical (unpaired) electrons. The summed E-state index contributed by atoms with van der Waals surface area (Å²) in [6.07, 6.45) is 1.63. The molecule has 1 aliphatic carbocycles. The van der Waals surface area contributed by atoms with Crippen molar-refractivity contribution in [3.63, 3.8) is 0 Å². The first-order valence-corrected chi connectivity index (χ1v) is 6.95. The number of hydrogen-bond donors (Lipinski definition) is 2. The van der Waals surface area contributed by atoms with Gasteiger partial charge in [-0.3, -0.25) is 0 Å². The van der Waals surface area contributed by atoms with Gasteiger partial charge in [-0.05, 0) is 30.9 Å². The van der Waals surface area contributed by atoms with E-state index < -0.39 is 15.8 Å². The van der Waals surface area contributed by atoms with E-state index in [4.69, 9.17) is 5.73 Å². The van der Waals surface area contributed by atoms with Crippen LogP contribution in [0, 0.1) is 11.7 Å². The quantitative estimate of drug-likeness (QED) is 0.807. The number of rotatable bonds is 3. The van der Waals surface area contributed by atoms with Crippen LogP contribution in [-0.2, 0) is 10.0 Å². The lowest BCUT2D eigenvalue weighted by atomic mass is 9.83. The number of nitrogens with two attached hydrogens (primary N) is 1. The summed E-state index contributed by atoms with van der Waals surface area (Å²) in [4.78, 5) is -0.183. The minimum atomic E-state index is -3.71. The average molecular weight is 258 g/mol. The molecule has 1 saturated carbocycles. The van der Waals surface area contributed by atoms with Crippen LogP contribution in [0.5, 0.6) is 0 Å². The predicted octanol–water partition coefficient (Wildman–Crippen LogP) is 1.48. The van der Waals surface area contributed by atoms with Gasteiger partial charge in [0.05, 0.1) is 5.69 Å². The van der Waals surface area contributed by atoms with E-state index >= 15 is 0 Å². The van der Waals surface area contributed by atoms with Crippen molar-refractivity contribution in [1.29, 1.82) is 0 Å². The number of benzene rings is 1. The number of para-hydroxylation sites is 1. The SMILES string of the molecule is CC1CC(NS(=O)(=O)c2cccc(F)c2N)C1. The topological polar surface area (TPSA) is 72.2 Å². The van der Waals surface area contributed by atoms with Crippen molar-refractivity contribution in [3.05, 3.63) is 24.0 Å². The highest BCUT2D eigenvalue weighted by atomic mass is 32.2. The molecule has 1 aromatic carbocycles.